The van der Waals surface area contributed by atoms with E-state index in [9.17, 15) is 9.59 Å². The molecule has 146 valence electrons. The molecular weight excluding hydrogens is 388 g/mol. The molecule has 29 heavy (non-hydrogen) atoms. The Morgan fingerprint density at radius 2 is 2.07 bits per heavy atom. The number of hydroxylamine groups is 2. The molecule has 3 amide bonds. The standard InChI is InChI=1S/C21H18N4O3S/c22-20(26)18-19-15(9-17(29-19)14-7-4-8-23-10-14)16-11-24(18)21(27)25(16)28-12-13-5-2-1-3-6-13/h1-10,16,18H,11-12H2,(H2,22,26)/t16-,18?/m1/s1. The molecule has 1 aromatic carbocycles. The first-order valence-corrected chi connectivity index (χ1v) is 10.0. The number of fused-ring (bicyclic) bond motifs is 4. The third kappa shape index (κ3) is 2.97. The van der Waals surface area contributed by atoms with Crippen molar-refractivity contribution in [2.45, 2.75) is 18.7 Å². The SMILES string of the molecule is NC(=O)C1c2sc(-c3cccnc3)cc2[C@H]2CN1C(=O)N2OCc1ccccc1. The average molecular weight is 406 g/mol. The second kappa shape index (κ2) is 6.98. The lowest BCUT2D eigenvalue weighted by molar-refractivity contribution is -0.141. The molecule has 1 unspecified atom stereocenters. The highest BCUT2D eigenvalue weighted by molar-refractivity contribution is 7.15. The van der Waals surface area contributed by atoms with E-state index in [1.165, 1.54) is 21.3 Å². The fraction of sp³-hybridized carbons (Fsp3) is 0.190. The van der Waals surface area contributed by atoms with E-state index in [1.54, 1.807) is 12.4 Å². The Morgan fingerprint density at radius 3 is 2.79 bits per heavy atom. The monoisotopic (exact) mass is 406 g/mol. The molecule has 0 saturated carbocycles. The minimum atomic E-state index is -0.783. The summed E-state index contributed by atoms with van der Waals surface area (Å²) in [5.41, 5.74) is 8.52. The molecule has 1 fully saturated rings. The van der Waals surface area contributed by atoms with Gasteiger partial charge in [-0.05, 0) is 23.3 Å². The number of primary amides is 1. The van der Waals surface area contributed by atoms with Crippen LogP contribution < -0.4 is 5.73 Å². The third-order valence-electron chi connectivity index (χ3n) is 5.23. The summed E-state index contributed by atoms with van der Waals surface area (Å²) in [4.78, 5) is 38.6. The smallest absolute Gasteiger partial charge is 0.345 e. The van der Waals surface area contributed by atoms with Crippen LogP contribution in [0.15, 0.2) is 60.9 Å². The number of amides is 3. The van der Waals surface area contributed by atoms with Crippen molar-refractivity contribution in [2.24, 2.45) is 5.73 Å². The van der Waals surface area contributed by atoms with E-state index >= 15 is 0 Å². The number of nitrogens with zero attached hydrogens (tertiary/aromatic N) is 3. The Hall–Kier alpha value is -3.23. The van der Waals surface area contributed by atoms with Crippen LogP contribution in [-0.4, -0.2) is 33.4 Å². The van der Waals surface area contributed by atoms with Crippen molar-refractivity contribution in [3.8, 4) is 10.4 Å². The molecule has 0 aliphatic carbocycles. The molecule has 2 aliphatic rings. The van der Waals surface area contributed by atoms with Gasteiger partial charge in [0.1, 0.15) is 18.7 Å². The highest BCUT2D eigenvalue weighted by Crippen LogP contribution is 2.49. The largest absolute Gasteiger partial charge is 0.368 e. The molecule has 2 bridgehead atoms. The summed E-state index contributed by atoms with van der Waals surface area (Å²) in [5, 5.41) is 1.38. The van der Waals surface area contributed by atoms with Crippen molar-refractivity contribution in [3.63, 3.8) is 0 Å². The van der Waals surface area contributed by atoms with Gasteiger partial charge in [-0.2, -0.15) is 5.06 Å². The second-order valence-electron chi connectivity index (χ2n) is 7.01. The Morgan fingerprint density at radius 1 is 1.24 bits per heavy atom. The number of hydrogen-bond acceptors (Lipinski definition) is 5. The molecule has 2 N–H and O–H groups in total. The Balaban J connectivity index is 1.51. The van der Waals surface area contributed by atoms with Crippen LogP contribution in [-0.2, 0) is 16.2 Å². The van der Waals surface area contributed by atoms with Crippen molar-refractivity contribution in [3.05, 3.63) is 76.9 Å². The second-order valence-corrected chi connectivity index (χ2v) is 8.10. The predicted molar refractivity (Wildman–Crippen MR) is 107 cm³/mol. The molecule has 4 heterocycles. The summed E-state index contributed by atoms with van der Waals surface area (Å²) in [6.45, 7) is 0.643. The Labute approximate surface area is 171 Å². The molecule has 5 rings (SSSR count). The fourth-order valence-electron chi connectivity index (χ4n) is 3.87. The minimum Gasteiger partial charge on any atom is -0.368 e. The average Bonchev–Trinajstić information content (AvgIpc) is 3.30. The van der Waals surface area contributed by atoms with Crippen LogP contribution in [0.1, 0.15) is 28.1 Å². The molecule has 2 aromatic heterocycles. The number of benzene rings is 1. The lowest BCUT2D eigenvalue weighted by Crippen LogP contribution is -2.40. The molecule has 7 nitrogen and oxygen atoms in total. The first kappa shape index (κ1) is 17.8. The van der Waals surface area contributed by atoms with Crippen LogP contribution >= 0.6 is 11.3 Å². The maximum Gasteiger partial charge on any atom is 0.345 e. The quantitative estimate of drug-likeness (QED) is 0.704. The van der Waals surface area contributed by atoms with Crippen LogP contribution in [0.4, 0.5) is 4.79 Å². The van der Waals surface area contributed by atoms with Crippen molar-refractivity contribution in [2.75, 3.05) is 6.54 Å². The third-order valence-corrected chi connectivity index (χ3v) is 6.48. The topological polar surface area (TPSA) is 88.8 Å². The molecular formula is C21H18N4O3S. The number of thiophene rings is 1. The molecule has 3 aromatic rings. The van der Waals surface area contributed by atoms with Gasteiger partial charge in [-0.1, -0.05) is 36.4 Å². The zero-order valence-electron chi connectivity index (χ0n) is 15.4. The molecule has 2 aliphatic heterocycles. The van der Waals surface area contributed by atoms with Gasteiger partial charge in [-0.15, -0.1) is 11.3 Å². The minimum absolute atomic E-state index is 0.271. The van der Waals surface area contributed by atoms with E-state index < -0.39 is 11.9 Å². The van der Waals surface area contributed by atoms with Gasteiger partial charge in [0.05, 0.1) is 6.54 Å². The van der Waals surface area contributed by atoms with Gasteiger partial charge in [0.25, 0.3) is 0 Å². The van der Waals surface area contributed by atoms with E-state index in [0.29, 0.717) is 6.54 Å². The summed E-state index contributed by atoms with van der Waals surface area (Å²) < 4.78 is 0. The molecule has 0 spiro atoms. The zero-order valence-corrected chi connectivity index (χ0v) is 16.2. The Kier molecular flexibility index (Phi) is 4.30. The summed E-state index contributed by atoms with van der Waals surface area (Å²) in [6.07, 6.45) is 3.50. The number of rotatable bonds is 5. The van der Waals surface area contributed by atoms with Crippen molar-refractivity contribution >= 4 is 23.3 Å². The van der Waals surface area contributed by atoms with E-state index in [4.69, 9.17) is 10.6 Å². The number of hydrogen-bond donors (Lipinski definition) is 1. The van der Waals surface area contributed by atoms with Crippen LogP contribution in [0.3, 0.4) is 0 Å². The van der Waals surface area contributed by atoms with Crippen LogP contribution in [0, 0.1) is 0 Å². The highest BCUT2D eigenvalue weighted by atomic mass is 32.1. The lowest BCUT2D eigenvalue weighted by atomic mass is 9.98. The maximum absolute atomic E-state index is 13.0. The van der Waals surface area contributed by atoms with Gasteiger partial charge in [0.15, 0.2) is 0 Å². The summed E-state index contributed by atoms with van der Waals surface area (Å²) >= 11 is 1.47. The van der Waals surface area contributed by atoms with Gasteiger partial charge < -0.3 is 10.6 Å². The maximum atomic E-state index is 13.0. The van der Waals surface area contributed by atoms with Gasteiger partial charge >= 0.3 is 6.03 Å². The van der Waals surface area contributed by atoms with Crippen molar-refractivity contribution in [1.82, 2.24) is 14.9 Å². The molecule has 1 saturated heterocycles. The molecule has 0 radical (unpaired) electrons. The first-order chi connectivity index (χ1) is 14.1. The lowest BCUT2D eigenvalue weighted by Gasteiger charge is -2.28. The van der Waals surface area contributed by atoms with E-state index in [1.807, 2.05) is 48.5 Å². The van der Waals surface area contributed by atoms with E-state index in [-0.39, 0.29) is 18.7 Å². The predicted octanol–water partition coefficient (Wildman–Crippen LogP) is 3.26. The number of pyridine rings is 1. The number of aromatic nitrogens is 1. The molecule has 8 heteroatoms. The Bertz CT molecular complexity index is 1070. The normalized spacial score (nSPS) is 20.1. The molecule has 2 atom stereocenters. The van der Waals surface area contributed by atoms with E-state index in [0.717, 1.165) is 26.4 Å². The fourth-order valence-corrected chi connectivity index (χ4v) is 5.20. The van der Waals surface area contributed by atoms with Gasteiger partial charge in [0, 0.05) is 27.7 Å². The van der Waals surface area contributed by atoms with Crippen molar-refractivity contribution < 1.29 is 14.4 Å². The van der Waals surface area contributed by atoms with Crippen molar-refractivity contribution in [1.29, 1.82) is 0 Å². The van der Waals surface area contributed by atoms with Crippen LogP contribution in [0.5, 0.6) is 0 Å². The van der Waals surface area contributed by atoms with Gasteiger partial charge in [0.2, 0.25) is 5.91 Å². The summed E-state index contributed by atoms with van der Waals surface area (Å²) in [7, 11) is 0. The van der Waals surface area contributed by atoms with E-state index in [2.05, 4.69) is 4.98 Å². The zero-order chi connectivity index (χ0) is 20.0. The summed E-state index contributed by atoms with van der Waals surface area (Å²) in [5.74, 6) is -0.539. The number of carbonyl (C=O) groups excluding carboxylic acids is 2. The van der Waals surface area contributed by atoms with Gasteiger partial charge in [-0.25, -0.2) is 4.79 Å². The number of urea groups is 1. The number of nitrogens with two attached hydrogens (primary N) is 1. The van der Waals surface area contributed by atoms with Crippen LogP contribution in [0.2, 0.25) is 0 Å². The van der Waals surface area contributed by atoms with Gasteiger partial charge in [-0.3, -0.25) is 14.6 Å². The number of carbonyl (C=O) groups is 2. The van der Waals surface area contributed by atoms with Crippen LogP contribution in [0.25, 0.3) is 10.4 Å². The first-order valence-electron chi connectivity index (χ1n) is 9.23. The summed E-state index contributed by atoms with van der Waals surface area (Å²) in [6, 6.07) is 14.1. The highest BCUT2D eigenvalue weighted by Gasteiger charge is 2.51.